The molecule has 0 saturated carbocycles. The maximum Gasteiger partial charge on any atom is 0.247 e. The van der Waals surface area contributed by atoms with Gasteiger partial charge in [0.05, 0.1) is 0 Å². The first-order chi connectivity index (χ1) is 5.41. The molecule has 1 N–H and O–H groups in total. The van der Waals surface area contributed by atoms with Crippen LogP contribution >= 0.6 is 0 Å². The van der Waals surface area contributed by atoms with Crippen molar-refractivity contribution in [1.29, 1.82) is 0 Å². The van der Waals surface area contributed by atoms with Crippen LogP contribution < -0.4 is 0 Å². The van der Waals surface area contributed by atoms with E-state index in [9.17, 15) is 5.11 Å². The molecule has 0 saturated heterocycles. The van der Waals surface area contributed by atoms with Gasteiger partial charge >= 0.3 is 0 Å². The zero-order chi connectivity index (χ0) is 9.35. The largest absolute Gasteiger partial charge is 0.422 e. The number of hydrogen-bond donors (Lipinski definition) is 1. The molecule has 0 aliphatic carbocycles. The maximum atomic E-state index is 9.49. The Kier molecular flexibility index (Phi) is 2.19. The number of hydrogen-bond acceptors (Lipinski definition) is 4. The predicted molar refractivity (Wildman–Crippen MR) is 43.6 cm³/mol. The molecular weight excluding hydrogens is 156 g/mol. The fraction of sp³-hybridized carbons (Fsp3) is 0.750. The molecular formula is C8H14N2O2. The van der Waals surface area contributed by atoms with E-state index < -0.39 is 5.60 Å². The van der Waals surface area contributed by atoms with Crippen LogP contribution in [0.3, 0.4) is 0 Å². The summed E-state index contributed by atoms with van der Waals surface area (Å²) in [6, 6.07) is 0. The van der Waals surface area contributed by atoms with Gasteiger partial charge in [0.1, 0.15) is 5.60 Å². The molecule has 0 aliphatic heterocycles. The Hall–Kier alpha value is -0.900. The summed E-state index contributed by atoms with van der Waals surface area (Å²) in [6.45, 7) is 7.15. The van der Waals surface area contributed by atoms with Crippen LogP contribution in [0.4, 0.5) is 0 Å². The van der Waals surface area contributed by atoms with E-state index in [-0.39, 0.29) is 11.8 Å². The van der Waals surface area contributed by atoms with Gasteiger partial charge in [-0.15, -0.1) is 10.2 Å². The highest BCUT2D eigenvalue weighted by molar-refractivity contribution is 4.94. The Labute approximate surface area is 71.6 Å². The van der Waals surface area contributed by atoms with Crippen LogP contribution in [0.1, 0.15) is 45.4 Å². The second kappa shape index (κ2) is 2.86. The fourth-order valence-electron chi connectivity index (χ4n) is 0.715. The zero-order valence-electron chi connectivity index (χ0n) is 7.83. The van der Waals surface area contributed by atoms with Gasteiger partial charge in [0.2, 0.25) is 11.8 Å². The van der Waals surface area contributed by atoms with Crippen molar-refractivity contribution in [2.24, 2.45) is 0 Å². The quantitative estimate of drug-likeness (QED) is 0.729. The molecule has 1 aromatic heterocycles. The van der Waals surface area contributed by atoms with E-state index in [1.807, 2.05) is 13.8 Å². The molecule has 0 aromatic carbocycles. The molecule has 1 heterocycles. The zero-order valence-corrected chi connectivity index (χ0v) is 7.83. The number of aliphatic hydroxyl groups is 1. The van der Waals surface area contributed by atoms with Crippen LogP contribution in [0.2, 0.25) is 0 Å². The van der Waals surface area contributed by atoms with Crippen molar-refractivity contribution >= 4 is 0 Å². The van der Waals surface area contributed by atoms with Gasteiger partial charge in [-0.25, -0.2) is 0 Å². The lowest BCUT2D eigenvalue weighted by Gasteiger charge is -2.10. The summed E-state index contributed by atoms with van der Waals surface area (Å²) in [6.07, 6.45) is 0. The molecule has 4 heteroatoms. The molecule has 0 amide bonds. The summed E-state index contributed by atoms with van der Waals surface area (Å²) >= 11 is 0. The number of nitrogens with zero attached hydrogens (tertiary/aromatic N) is 2. The van der Waals surface area contributed by atoms with E-state index in [0.29, 0.717) is 5.89 Å². The molecule has 0 spiro atoms. The Morgan fingerprint density at radius 1 is 1.33 bits per heavy atom. The lowest BCUT2D eigenvalue weighted by Crippen LogP contribution is -2.15. The van der Waals surface area contributed by atoms with E-state index >= 15 is 0 Å². The Morgan fingerprint density at radius 2 is 1.92 bits per heavy atom. The molecule has 0 bridgehead atoms. The molecule has 0 fully saturated rings. The predicted octanol–water partition coefficient (Wildman–Crippen LogP) is 1.42. The van der Waals surface area contributed by atoms with Gasteiger partial charge in [0.15, 0.2) is 0 Å². The van der Waals surface area contributed by atoms with Crippen LogP contribution in [0.5, 0.6) is 0 Å². The van der Waals surface area contributed by atoms with E-state index in [2.05, 4.69) is 10.2 Å². The number of rotatable bonds is 2. The molecule has 68 valence electrons. The third-order valence-electron chi connectivity index (χ3n) is 1.46. The summed E-state index contributed by atoms with van der Waals surface area (Å²) in [5.74, 6) is 1.03. The van der Waals surface area contributed by atoms with Gasteiger partial charge in [-0.1, -0.05) is 13.8 Å². The summed E-state index contributed by atoms with van der Waals surface area (Å²) < 4.78 is 5.24. The van der Waals surface area contributed by atoms with Crippen LogP contribution in [0.25, 0.3) is 0 Å². The van der Waals surface area contributed by atoms with Crippen LogP contribution in [0.15, 0.2) is 4.42 Å². The first kappa shape index (κ1) is 9.19. The summed E-state index contributed by atoms with van der Waals surface area (Å²) in [4.78, 5) is 0. The molecule has 4 nitrogen and oxygen atoms in total. The Morgan fingerprint density at radius 3 is 2.17 bits per heavy atom. The maximum absolute atomic E-state index is 9.49. The fourth-order valence-corrected chi connectivity index (χ4v) is 0.715. The Balaban J connectivity index is 2.92. The highest BCUT2D eigenvalue weighted by Crippen LogP contribution is 2.20. The summed E-state index contributed by atoms with van der Waals surface area (Å²) in [5, 5.41) is 17.0. The lowest BCUT2D eigenvalue weighted by atomic mass is 10.1. The van der Waals surface area contributed by atoms with Gasteiger partial charge in [-0.3, -0.25) is 0 Å². The third kappa shape index (κ3) is 1.82. The smallest absolute Gasteiger partial charge is 0.247 e. The SMILES string of the molecule is CC(C)c1nnc(C(C)(C)O)o1. The van der Waals surface area contributed by atoms with E-state index in [0.717, 1.165) is 0 Å². The molecule has 0 unspecified atom stereocenters. The van der Waals surface area contributed by atoms with Crippen LogP contribution in [-0.4, -0.2) is 15.3 Å². The van der Waals surface area contributed by atoms with Gasteiger partial charge < -0.3 is 9.52 Å². The van der Waals surface area contributed by atoms with Crippen molar-refractivity contribution in [1.82, 2.24) is 10.2 Å². The van der Waals surface area contributed by atoms with Crippen molar-refractivity contribution in [2.45, 2.75) is 39.2 Å². The highest BCUT2D eigenvalue weighted by Gasteiger charge is 2.24. The molecule has 1 aromatic rings. The van der Waals surface area contributed by atoms with Crippen molar-refractivity contribution < 1.29 is 9.52 Å². The van der Waals surface area contributed by atoms with E-state index in [1.165, 1.54) is 0 Å². The topological polar surface area (TPSA) is 59.2 Å². The normalized spacial score (nSPS) is 12.5. The van der Waals surface area contributed by atoms with Crippen LogP contribution in [-0.2, 0) is 5.60 Å². The first-order valence-electron chi connectivity index (χ1n) is 3.97. The molecule has 0 atom stereocenters. The lowest BCUT2D eigenvalue weighted by molar-refractivity contribution is 0.0468. The Bertz CT molecular complexity index is 260. The monoisotopic (exact) mass is 170 g/mol. The number of aromatic nitrogens is 2. The standard InChI is InChI=1S/C8H14N2O2/c1-5(2)6-9-10-7(12-6)8(3,4)11/h5,11H,1-4H3. The molecule has 0 radical (unpaired) electrons. The van der Waals surface area contributed by atoms with Crippen molar-refractivity contribution in [2.75, 3.05) is 0 Å². The van der Waals surface area contributed by atoms with Gasteiger partial charge in [-0.05, 0) is 13.8 Å². The molecule has 0 aliphatic rings. The minimum absolute atomic E-state index is 0.202. The second-order valence-corrected chi connectivity index (χ2v) is 3.66. The average molecular weight is 170 g/mol. The van der Waals surface area contributed by atoms with Gasteiger partial charge in [0, 0.05) is 5.92 Å². The summed E-state index contributed by atoms with van der Waals surface area (Å²) in [7, 11) is 0. The van der Waals surface area contributed by atoms with Gasteiger partial charge in [-0.2, -0.15) is 0 Å². The molecule has 12 heavy (non-hydrogen) atoms. The van der Waals surface area contributed by atoms with Crippen LogP contribution in [0, 0.1) is 0 Å². The second-order valence-electron chi connectivity index (χ2n) is 3.66. The average Bonchev–Trinajstić information content (AvgIpc) is 2.30. The highest BCUT2D eigenvalue weighted by atomic mass is 16.4. The summed E-state index contributed by atoms with van der Waals surface area (Å²) in [5.41, 5.74) is -1.04. The minimum atomic E-state index is -1.04. The third-order valence-corrected chi connectivity index (χ3v) is 1.46. The van der Waals surface area contributed by atoms with E-state index in [1.54, 1.807) is 13.8 Å². The minimum Gasteiger partial charge on any atom is -0.422 e. The van der Waals surface area contributed by atoms with E-state index in [4.69, 9.17) is 4.42 Å². The van der Waals surface area contributed by atoms with Crippen molar-refractivity contribution in [3.05, 3.63) is 11.8 Å². The van der Waals surface area contributed by atoms with Gasteiger partial charge in [0.25, 0.3) is 0 Å². The molecule has 1 rings (SSSR count). The van der Waals surface area contributed by atoms with Crippen molar-refractivity contribution in [3.8, 4) is 0 Å². The first-order valence-corrected chi connectivity index (χ1v) is 3.97. The van der Waals surface area contributed by atoms with Crippen molar-refractivity contribution in [3.63, 3.8) is 0 Å².